The summed E-state index contributed by atoms with van der Waals surface area (Å²) in [5.74, 6) is 7.35. The lowest BCUT2D eigenvalue weighted by Crippen LogP contribution is -2.36. The van der Waals surface area contributed by atoms with E-state index in [1.54, 1.807) is 18.4 Å². The minimum absolute atomic E-state index is 0.0706. The van der Waals surface area contributed by atoms with Crippen molar-refractivity contribution in [1.29, 1.82) is 0 Å². The molecule has 4 fully saturated rings. The molecule has 0 radical (unpaired) electrons. The van der Waals surface area contributed by atoms with Crippen LogP contribution in [0.3, 0.4) is 0 Å². The molecule has 45 heavy (non-hydrogen) atoms. The van der Waals surface area contributed by atoms with Crippen molar-refractivity contribution in [2.45, 2.75) is 69.1 Å². The van der Waals surface area contributed by atoms with E-state index in [1.807, 2.05) is 0 Å². The number of aromatic nitrogens is 4. The Labute approximate surface area is 259 Å². The van der Waals surface area contributed by atoms with Crippen molar-refractivity contribution in [3.63, 3.8) is 0 Å². The number of nitrogens with two attached hydrogens (primary N) is 1. The number of morpholine rings is 1. The summed E-state index contributed by atoms with van der Waals surface area (Å²) in [6.45, 7) is 4.65. The van der Waals surface area contributed by atoms with Crippen molar-refractivity contribution in [3.05, 3.63) is 12.2 Å². The number of nitrogen functional groups attached to an aromatic ring is 1. The number of carbonyl (C=O) groups excluding carboxylic acids is 1. The molecular weight excluding hydrogens is 609 g/mol. The van der Waals surface area contributed by atoms with Crippen LogP contribution in [-0.4, -0.2) is 104 Å². The number of hydrogen-bond donors (Lipinski definition) is 5. The topological polar surface area (TPSA) is 229 Å². The molecule has 4 saturated heterocycles. The molecule has 6 heterocycles. The third-order valence-corrected chi connectivity index (χ3v) is 9.41. The van der Waals surface area contributed by atoms with E-state index in [-0.39, 0.29) is 50.2 Å². The molecular formula is C27H36N9O8P. The minimum atomic E-state index is -4.09. The van der Waals surface area contributed by atoms with Crippen molar-refractivity contribution in [3.8, 4) is 24.2 Å². The zero-order valence-corrected chi connectivity index (χ0v) is 25.8. The van der Waals surface area contributed by atoms with E-state index >= 15 is 0 Å². The molecule has 6 N–H and O–H groups in total. The Bertz CT molecular complexity index is 1590. The third-order valence-electron chi connectivity index (χ3n) is 7.81. The molecule has 2 aromatic rings. The number of imidazole rings is 1. The van der Waals surface area contributed by atoms with Gasteiger partial charge in [0.1, 0.15) is 29.5 Å². The number of nitrogens with one attached hydrogen (secondary N) is 3. The van der Waals surface area contributed by atoms with Crippen molar-refractivity contribution in [1.82, 2.24) is 40.4 Å². The molecule has 242 valence electrons. The van der Waals surface area contributed by atoms with Gasteiger partial charge in [0.25, 0.3) is 0 Å². The number of hydrazine groups is 1. The van der Waals surface area contributed by atoms with Crippen LogP contribution in [0.4, 0.5) is 5.82 Å². The van der Waals surface area contributed by atoms with Gasteiger partial charge >= 0.3 is 7.75 Å². The molecule has 0 spiro atoms. The summed E-state index contributed by atoms with van der Waals surface area (Å²) in [6.07, 6.45) is 5.47. The Morgan fingerprint density at radius 1 is 1.29 bits per heavy atom. The summed E-state index contributed by atoms with van der Waals surface area (Å²) in [4.78, 5) is 36.1. The summed E-state index contributed by atoms with van der Waals surface area (Å²) in [7, 11) is -4.09. The number of hydrogen-bond acceptors (Lipinski definition) is 13. The Kier molecular flexibility index (Phi) is 8.86. The average molecular weight is 646 g/mol. The molecule has 18 heteroatoms. The van der Waals surface area contributed by atoms with Gasteiger partial charge in [-0.3, -0.25) is 13.9 Å². The van der Waals surface area contributed by atoms with Crippen LogP contribution in [0.1, 0.15) is 45.2 Å². The largest absolute Gasteiger partial charge is 0.405 e. The quantitative estimate of drug-likeness (QED) is 0.123. The van der Waals surface area contributed by atoms with Crippen LogP contribution in [0, 0.1) is 24.2 Å². The number of terminal acetylenes is 1. The van der Waals surface area contributed by atoms with Crippen LogP contribution in [0.2, 0.25) is 0 Å². The highest BCUT2D eigenvalue weighted by Gasteiger charge is 2.56. The van der Waals surface area contributed by atoms with Gasteiger partial charge in [0.15, 0.2) is 23.5 Å². The summed E-state index contributed by atoms with van der Waals surface area (Å²) in [5.41, 5.74) is 12.4. The second-order valence-electron chi connectivity index (χ2n) is 11.5. The maximum Gasteiger partial charge on any atom is 0.405 e. The summed E-state index contributed by atoms with van der Waals surface area (Å²) in [6, 6.07) is 0. The molecule has 5 atom stereocenters. The fourth-order valence-corrected chi connectivity index (χ4v) is 6.71. The molecule has 0 aliphatic carbocycles. The Morgan fingerprint density at radius 2 is 2.04 bits per heavy atom. The predicted molar refractivity (Wildman–Crippen MR) is 157 cm³/mol. The van der Waals surface area contributed by atoms with E-state index in [2.05, 4.69) is 48.9 Å². The highest BCUT2D eigenvalue weighted by atomic mass is 31.2. The first kappa shape index (κ1) is 31.8. The van der Waals surface area contributed by atoms with Crippen LogP contribution in [0.25, 0.3) is 11.2 Å². The Hall–Kier alpha value is -3.19. The van der Waals surface area contributed by atoms with E-state index in [1.165, 1.54) is 11.0 Å². The zero-order chi connectivity index (χ0) is 31.8. The molecule has 3 unspecified atom stereocenters. The molecule has 6 rings (SSSR count). The summed E-state index contributed by atoms with van der Waals surface area (Å²) in [5, 5.41) is 2.75. The van der Waals surface area contributed by atoms with Gasteiger partial charge in [0, 0.05) is 19.5 Å². The van der Waals surface area contributed by atoms with Crippen LogP contribution in [0.5, 0.6) is 0 Å². The molecule has 1 amide bonds. The van der Waals surface area contributed by atoms with Gasteiger partial charge in [0.2, 0.25) is 11.7 Å². The van der Waals surface area contributed by atoms with Crippen LogP contribution in [-0.2, 0) is 32.8 Å². The third kappa shape index (κ3) is 6.98. The highest BCUT2D eigenvalue weighted by molar-refractivity contribution is 7.50. The summed E-state index contributed by atoms with van der Waals surface area (Å²) < 4.78 is 45.4. The van der Waals surface area contributed by atoms with Gasteiger partial charge in [-0.1, -0.05) is 5.92 Å². The molecule has 17 nitrogen and oxygen atoms in total. The lowest BCUT2D eigenvalue weighted by atomic mass is 10.1. The van der Waals surface area contributed by atoms with Crippen molar-refractivity contribution in [2.75, 3.05) is 45.2 Å². The number of rotatable bonds is 10. The van der Waals surface area contributed by atoms with E-state index in [9.17, 15) is 14.3 Å². The van der Waals surface area contributed by atoms with Gasteiger partial charge < -0.3 is 34.9 Å². The van der Waals surface area contributed by atoms with Gasteiger partial charge in [0.05, 0.1) is 39.1 Å². The number of amides is 1. The fraction of sp³-hybridized carbons (Fsp3) is 0.630. The van der Waals surface area contributed by atoms with Crippen LogP contribution in [0.15, 0.2) is 6.33 Å². The maximum absolute atomic E-state index is 12.9. The Balaban J connectivity index is 1.15. The van der Waals surface area contributed by atoms with Gasteiger partial charge in [-0.25, -0.2) is 35.0 Å². The van der Waals surface area contributed by atoms with E-state index in [0.29, 0.717) is 37.2 Å². The summed E-state index contributed by atoms with van der Waals surface area (Å²) >= 11 is 0. The standard InChI is InChI=1S/C27H36N9O8P/c1-4-5-8-27(33-34-27)14-19(37)29-9-6-7-18-31-23(28)20-24(32-18)36(16-30-20)25-22-21(43-26(2,3)44-22)17(42-25)15-41-45(38,39)35-10-12-40-13-11-35/h1,16-17,21-22,25,33-34H,5,8-15H2,2-3H3,(H,29,37)(H,38,39)(H2,28,31,32)/t17-,21?,22?,25-/m0/s1. The minimum Gasteiger partial charge on any atom is -0.382 e. The Morgan fingerprint density at radius 3 is 2.78 bits per heavy atom. The SMILES string of the molecule is C#CCCC1(CC(=O)NCC#Cc2nc(N)c3ncn([C@H]4O[C@@H](COP(=O)(O)N5CCOCC5)C5OC(C)(C)OC54)c3n2)NN1. The first-order chi connectivity index (χ1) is 21.5. The number of carbonyl (C=O) groups is 1. The fourth-order valence-electron chi connectivity index (χ4n) is 5.53. The molecule has 0 aromatic carbocycles. The number of fused-ring (bicyclic) bond motifs is 2. The van der Waals surface area contributed by atoms with Crippen molar-refractivity contribution in [2.24, 2.45) is 0 Å². The van der Waals surface area contributed by atoms with Crippen LogP contribution < -0.4 is 21.9 Å². The zero-order valence-electron chi connectivity index (χ0n) is 24.9. The first-order valence-corrected chi connectivity index (χ1v) is 16.1. The maximum atomic E-state index is 12.9. The molecule has 2 aromatic heterocycles. The van der Waals surface area contributed by atoms with E-state index < -0.39 is 43.7 Å². The second-order valence-corrected chi connectivity index (χ2v) is 13.3. The molecule has 0 bridgehead atoms. The smallest absolute Gasteiger partial charge is 0.382 e. The number of nitrogens with zero attached hydrogens (tertiary/aromatic N) is 5. The van der Waals surface area contributed by atoms with Gasteiger partial charge in [-0.2, -0.15) is 0 Å². The lowest BCUT2D eigenvalue weighted by molar-refractivity contribution is -0.199. The van der Waals surface area contributed by atoms with Gasteiger partial charge in [-0.15, -0.1) is 12.3 Å². The van der Waals surface area contributed by atoms with Crippen molar-refractivity contribution < 1.29 is 37.7 Å². The first-order valence-electron chi connectivity index (χ1n) is 14.5. The number of anilines is 1. The average Bonchev–Trinajstić information content (AvgIpc) is 3.32. The van der Waals surface area contributed by atoms with E-state index in [4.69, 9.17) is 35.6 Å². The predicted octanol–water partition coefficient (Wildman–Crippen LogP) is -0.649. The lowest BCUT2D eigenvalue weighted by Gasteiger charge is -2.30. The van der Waals surface area contributed by atoms with Gasteiger partial charge in [-0.05, 0) is 26.2 Å². The highest BCUT2D eigenvalue weighted by Crippen LogP contribution is 2.49. The van der Waals surface area contributed by atoms with Crippen LogP contribution >= 0.6 is 7.75 Å². The second kappa shape index (κ2) is 12.5. The monoisotopic (exact) mass is 645 g/mol. The van der Waals surface area contributed by atoms with E-state index in [0.717, 1.165) is 0 Å². The molecule has 0 saturated carbocycles. The van der Waals surface area contributed by atoms with Crippen molar-refractivity contribution >= 4 is 30.6 Å². The normalized spacial score (nSPS) is 28.0. The molecule has 4 aliphatic rings. The number of ether oxygens (including phenoxy) is 4. The molecule has 4 aliphatic heterocycles.